The molecule has 0 saturated carbocycles. The van der Waals surface area contributed by atoms with Crippen molar-refractivity contribution in [3.63, 3.8) is 0 Å². The Balaban J connectivity index is -0.000000266. The van der Waals surface area contributed by atoms with E-state index in [1.807, 2.05) is 0 Å². The van der Waals surface area contributed by atoms with E-state index in [1.165, 1.54) is 21.0 Å². The van der Waals surface area contributed by atoms with Gasteiger partial charge in [-0.1, -0.05) is 0 Å². The molecule has 0 fully saturated rings. The number of carbonyl (C=O) groups excluding carboxylic acids is 3. The number of aliphatic hydroxyl groups excluding tert-OH is 1. The third-order valence-electron chi connectivity index (χ3n) is 1.85. The second kappa shape index (κ2) is 18.4. The summed E-state index contributed by atoms with van der Waals surface area (Å²) in [4.78, 5) is 30.5. The summed E-state index contributed by atoms with van der Waals surface area (Å²) in [6.45, 7) is 10.4. The molecule has 0 spiro atoms. The molecule has 0 radical (unpaired) electrons. The Kier molecular flexibility index (Phi) is 21.0. The Morgan fingerprint density at radius 2 is 1.35 bits per heavy atom. The van der Waals surface area contributed by atoms with Gasteiger partial charge in [0.05, 0.1) is 19.3 Å². The zero-order chi connectivity index (χ0) is 18.8. The van der Waals surface area contributed by atoms with Crippen LogP contribution in [0.5, 0.6) is 0 Å². The van der Waals surface area contributed by atoms with Gasteiger partial charge >= 0.3 is 17.9 Å². The fraction of sp³-hybridized carbons (Fsp3) is 0.800. The van der Waals surface area contributed by atoms with Crippen molar-refractivity contribution in [1.82, 2.24) is 0 Å². The lowest BCUT2D eigenvalue weighted by Crippen LogP contribution is -2.21. The molecule has 0 aliphatic rings. The van der Waals surface area contributed by atoms with Gasteiger partial charge in [-0.25, -0.2) is 4.79 Å². The molecular formula is C15H30O8. The third kappa shape index (κ3) is 29.1. The highest BCUT2D eigenvalue weighted by Crippen LogP contribution is 1.90. The fourth-order valence-electron chi connectivity index (χ4n) is 0.797. The number of hydrogen-bond donors (Lipinski definition) is 1. The Labute approximate surface area is 138 Å². The molecule has 0 aliphatic carbocycles. The van der Waals surface area contributed by atoms with E-state index in [2.05, 4.69) is 18.9 Å². The summed E-state index contributed by atoms with van der Waals surface area (Å²) in [5, 5.41) is 8.52. The Hall–Kier alpha value is -1.67. The van der Waals surface area contributed by atoms with Crippen molar-refractivity contribution < 1.29 is 38.4 Å². The highest BCUT2D eigenvalue weighted by Gasteiger charge is 2.10. The maximum absolute atomic E-state index is 10.6. The molecular weight excluding hydrogens is 308 g/mol. The molecule has 0 heterocycles. The van der Waals surface area contributed by atoms with Gasteiger partial charge in [-0.3, -0.25) is 9.59 Å². The monoisotopic (exact) mass is 338 g/mol. The number of rotatable bonds is 6. The van der Waals surface area contributed by atoms with Gasteiger partial charge in [0.15, 0.2) is 6.10 Å². The van der Waals surface area contributed by atoms with Crippen LogP contribution in [0.3, 0.4) is 0 Å². The first-order valence-corrected chi connectivity index (χ1v) is 7.26. The van der Waals surface area contributed by atoms with Gasteiger partial charge in [0, 0.05) is 21.0 Å². The van der Waals surface area contributed by atoms with Gasteiger partial charge in [-0.05, 0) is 27.7 Å². The Morgan fingerprint density at radius 1 is 0.913 bits per heavy atom. The molecule has 138 valence electrons. The van der Waals surface area contributed by atoms with Crippen molar-refractivity contribution in [1.29, 1.82) is 0 Å². The summed E-state index contributed by atoms with van der Waals surface area (Å²) in [6, 6.07) is 0. The van der Waals surface area contributed by atoms with Crippen LogP contribution in [0.2, 0.25) is 0 Å². The van der Waals surface area contributed by atoms with Crippen LogP contribution >= 0.6 is 0 Å². The highest BCUT2D eigenvalue weighted by molar-refractivity contribution is 5.74. The topological polar surface area (TPSA) is 108 Å². The second-order valence-electron chi connectivity index (χ2n) is 4.21. The molecule has 0 aromatic carbocycles. The summed E-state index contributed by atoms with van der Waals surface area (Å²) in [6.07, 6.45) is -0.996. The van der Waals surface area contributed by atoms with Crippen molar-refractivity contribution in [3.8, 4) is 0 Å². The van der Waals surface area contributed by atoms with E-state index in [0.29, 0.717) is 13.2 Å². The smallest absolute Gasteiger partial charge is 0.334 e. The van der Waals surface area contributed by atoms with Crippen molar-refractivity contribution in [2.45, 2.75) is 53.8 Å². The van der Waals surface area contributed by atoms with Crippen LogP contribution in [0.15, 0.2) is 0 Å². The summed E-state index contributed by atoms with van der Waals surface area (Å²) < 4.78 is 18.1. The molecule has 2 atom stereocenters. The maximum Gasteiger partial charge on any atom is 0.334 e. The fourth-order valence-corrected chi connectivity index (χ4v) is 0.797. The predicted molar refractivity (Wildman–Crippen MR) is 83.7 cm³/mol. The second-order valence-corrected chi connectivity index (χ2v) is 4.21. The average molecular weight is 338 g/mol. The number of carbonyl (C=O) groups is 3. The van der Waals surface area contributed by atoms with Crippen LogP contribution in [0.25, 0.3) is 0 Å². The molecule has 0 aliphatic heterocycles. The van der Waals surface area contributed by atoms with Gasteiger partial charge in [0.2, 0.25) is 0 Å². The molecule has 0 bridgehead atoms. The van der Waals surface area contributed by atoms with E-state index in [4.69, 9.17) is 5.11 Å². The number of hydrogen-bond acceptors (Lipinski definition) is 8. The van der Waals surface area contributed by atoms with Crippen molar-refractivity contribution in [2.24, 2.45) is 0 Å². The Morgan fingerprint density at radius 3 is 1.52 bits per heavy atom. The molecule has 1 N–H and O–H groups in total. The minimum atomic E-state index is -0.557. The van der Waals surface area contributed by atoms with E-state index in [-0.39, 0.29) is 24.5 Å². The first-order valence-electron chi connectivity index (χ1n) is 7.26. The first-order chi connectivity index (χ1) is 10.6. The van der Waals surface area contributed by atoms with Crippen LogP contribution < -0.4 is 0 Å². The maximum atomic E-state index is 10.6. The quantitative estimate of drug-likeness (QED) is 0.566. The van der Waals surface area contributed by atoms with Gasteiger partial charge in [-0.15, -0.1) is 0 Å². The van der Waals surface area contributed by atoms with Crippen molar-refractivity contribution in [3.05, 3.63) is 0 Å². The molecule has 8 nitrogen and oxygen atoms in total. The average Bonchev–Trinajstić information content (AvgIpc) is 2.45. The number of ether oxygens (including phenoxy) is 4. The minimum absolute atomic E-state index is 0.0926. The van der Waals surface area contributed by atoms with Crippen molar-refractivity contribution >= 4 is 17.9 Å². The molecule has 0 aromatic heterocycles. The predicted octanol–water partition coefficient (Wildman–Crippen LogP) is 1.08. The van der Waals surface area contributed by atoms with Crippen LogP contribution in [0.4, 0.5) is 0 Å². The van der Waals surface area contributed by atoms with Crippen LogP contribution in [0, 0.1) is 0 Å². The van der Waals surface area contributed by atoms with Crippen LogP contribution in [-0.4, -0.2) is 62.2 Å². The largest absolute Gasteiger partial charge is 0.466 e. The van der Waals surface area contributed by atoms with Gasteiger partial charge in [0.1, 0.15) is 6.61 Å². The van der Waals surface area contributed by atoms with E-state index < -0.39 is 12.2 Å². The molecule has 0 saturated heterocycles. The molecule has 2 unspecified atom stereocenters. The van der Waals surface area contributed by atoms with Crippen LogP contribution in [0.1, 0.15) is 41.5 Å². The SMILES string of the molecule is CC(=O)OCC(C)O.CCOC(=O)C(C)OC.CCOC(C)=O. The number of methoxy groups -OCH3 is 1. The lowest BCUT2D eigenvalue weighted by atomic mass is 10.4. The molecule has 0 amide bonds. The van der Waals surface area contributed by atoms with E-state index >= 15 is 0 Å². The lowest BCUT2D eigenvalue weighted by molar-refractivity contribution is -0.153. The summed E-state index contributed by atoms with van der Waals surface area (Å²) in [7, 11) is 1.47. The normalized spacial score (nSPS) is 11.5. The van der Waals surface area contributed by atoms with Gasteiger partial charge in [-0.2, -0.15) is 0 Å². The van der Waals surface area contributed by atoms with E-state index in [0.717, 1.165) is 0 Å². The lowest BCUT2D eigenvalue weighted by Gasteiger charge is -2.06. The summed E-state index contributed by atoms with van der Waals surface area (Å²) in [5.74, 6) is -0.872. The summed E-state index contributed by atoms with van der Waals surface area (Å²) >= 11 is 0. The zero-order valence-corrected chi connectivity index (χ0v) is 15.1. The molecule has 23 heavy (non-hydrogen) atoms. The highest BCUT2D eigenvalue weighted by atomic mass is 16.6. The summed E-state index contributed by atoms with van der Waals surface area (Å²) in [5.41, 5.74) is 0. The molecule has 0 rings (SSSR count). The minimum Gasteiger partial charge on any atom is -0.466 e. The molecule has 0 aromatic rings. The van der Waals surface area contributed by atoms with Crippen LogP contribution in [-0.2, 0) is 33.3 Å². The zero-order valence-electron chi connectivity index (χ0n) is 15.1. The number of esters is 3. The first kappa shape index (κ1) is 26.2. The van der Waals surface area contributed by atoms with E-state index in [9.17, 15) is 14.4 Å². The standard InChI is InChI=1S/C6H12O3.C5H10O3.C4H8O2/c1-4-9-6(7)5(2)8-3;1-4(6)3-8-5(2)7;1-3-6-4(2)5/h5H,4H2,1-3H3;4,6H,3H2,1-2H3;3H2,1-2H3. The Bertz CT molecular complexity index is 315. The van der Waals surface area contributed by atoms with Gasteiger partial charge in [0.25, 0.3) is 0 Å². The molecule has 8 heteroatoms. The van der Waals surface area contributed by atoms with E-state index in [1.54, 1.807) is 27.7 Å². The third-order valence-corrected chi connectivity index (χ3v) is 1.85. The van der Waals surface area contributed by atoms with Gasteiger partial charge < -0.3 is 24.1 Å². The van der Waals surface area contributed by atoms with Crippen molar-refractivity contribution in [2.75, 3.05) is 26.9 Å². The number of aliphatic hydroxyl groups is 1.